The van der Waals surface area contributed by atoms with Crippen LogP contribution in [0.4, 0.5) is 11.4 Å². The summed E-state index contributed by atoms with van der Waals surface area (Å²) in [4.78, 5) is 12.1. The molecule has 112 valence electrons. The summed E-state index contributed by atoms with van der Waals surface area (Å²) < 4.78 is 5.10. The van der Waals surface area contributed by atoms with Gasteiger partial charge in [-0.25, -0.2) is 4.79 Å². The largest absolute Gasteiger partial charge is 0.462 e. The van der Waals surface area contributed by atoms with E-state index < -0.39 is 0 Å². The second kappa shape index (κ2) is 7.17. The third kappa shape index (κ3) is 3.65. The Morgan fingerprint density at radius 3 is 2.30 bits per heavy atom. The van der Waals surface area contributed by atoms with Gasteiger partial charge in [-0.05, 0) is 44.4 Å². The molecule has 4 nitrogen and oxygen atoms in total. The number of rotatable bonds is 7. The number of nitrogens with one attached hydrogen (secondary N) is 1. The van der Waals surface area contributed by atoms with Crippen LogP contribution in [0, 0.1) is 0 Å². The van der Waals surface area contributed by atoms with Gasteiger partial charge in [0.25, 0.3) is 0 Å². The van der Waals surface area contributed by atoms with Gasteiger partial charge >= 0.3 is 5.97 Å². The van der Waals surface area contributed by atoms with Crippen LogP contribution in [0.2, 0.25) is 0 Å². The van der Waals surface area contributed by atoms with Gasteiger partial charge < -0.3 is 15.8 Å². The number of carbonyl (C=O) groups is 1. The highest BCUT2D eigenvalue weighted by atomic mass is 16.5. The molecule has 0 bridgehead atoms. The third-order valence-corrected chi connectivity index (χ3v) is 3.97. The molecule has 0 aromatic heterocycles. The Balaban J connectivity index is 3.14. The van der Waals surface area contributed by atoms with Gasteiger partial charge in [0.05, 0.1) is 12.2 Å². The molecule has 0 saturated carbocycles. The number of esters is 1. The second-order valence-electron chi connectivity index (χ2n) is 4.99. The van der Waals surface area contributed by atoms with Gasteiger partial charge in [-0.1, -0.05) is 20.8 Å². The normalized spacial score (nSPS) is 11.2. The molecule has 0 aliphatic rings. The minimum atomic E-state index is -0.334. The predicted octanol–water partition coefficient (Wildman–Crippen LogP) is 3.83. The van der Waals surface area contributed by atoms with Crippen LogP contribution in [0.25, 0.3) is 0 Å². The van der Waals surface area contributed by atoms with Crippen LogP contribution in [-0.4, -0.2) is 18.1 Å². The summed E-state index contributed by atoms with van der Waals surface area (Å²) in [6.45, 7) is 8.61. The third-order valence-electron chi connectivity index (χ3n) is 3.97. The summed E-state index contributed by atoms with van der Waals surface area (Å²) in [5.74, 6) is -0.334. The maximum atomic E-state index is 12.1. The minimum absolute atomic E-state index is 0.00262. The van der Waals surface area contributed by atoms with Crippen molar-refractivity contribution in [2.24, 2.45) is 0 Å². The number of nitrogens with two attached hydrogens (primary N) is 1. The lowest BCUT2D eigenvalue weighted by atomic mass is 9.89. The summed E-state index contributed by atoms with van der Waals surface area (Å²) in [6.07, 6.45) is 2.98. The maximum Gasteiger partial charge on any atom is 0.340 e. The first-order chi connectivity index (χ1) is 9.51. The molecule has 0 saturated heterocycles. The Bertz CT molecular complexity index is 446. The van der Waals surface area contributed by atoms with E-state index in [2.05, 4.69) is 26.1 Å². The molecule has 1 aromatic rings. The first kappa shape index (κ1) is 16.3. The van der Waals surface area contributed by atoms with Gasteiger partial charge in [-0.3, -0.25) is 0 Å². The highest BCUT2D eigenvalue weighted by Gasteiger charge is 2.25. The smallest absolute Gasteiger partial charge is 0.340 e. The zero-order valence-corrected chi connectivity index (χ0v) is 13.0. The van der Waals surface area contributed by atoms with Crippen LogP contribution >= 0.6 is 0 Å². The summed E-state index contributed by atoms with van der Waals surface area (Å²) in [7, 11) is 0. The van der Waals surface area contributed by atoms with Crippen molar-refractivity contribution in [1.29, 1.82) is 0 Å². The molecule has 0 aliphatic heterocycles. The predicted molar refractivity (Wildman–Crippen MR) is 84.0 cm³/mol. The van der Waals surface area contributed by atoms with Crippen molar-refractivity contribution in [3.05, 3.63) is 23.8 Å². The van der Waals surface area contributed by atoms with Gasteiger partial charge in [0.15, 0.2) is 0 Å². The number of nitrogen functional groups attached to an aromatic ring is 1. The average Bonchev–Trinajstić information content (AvgIpc) is 2.46. The highest BCUT2D eigenvalue weighted by Crippen LogP contribution is 2.29. The SMILES string of the molecule is CCOC(=O)c1cc(N)ccc1NC(CC)(CC)CC. The number of ether oxygens (including phenoxy) is 1. The molecular weight excluding hydrogens is 252 g/mol. The minimum Gasteiger partial charge on any atom is -0.462 e. The molecule has 4 heteroatoms. The van der Waals surface area contributed by atoms with Gasteiger partial charge in [0.1, 0.15) is 0 Å². The van der Waals surface area contributed by atoms with E-state index in [0.717, 1.165) is 24.9 Å². The quantitative estimate of drug-likeness (QED) is 0.587. The number of benzene rings is 1. The van der Waals surface area contributed by atoms with Gasteiger partial charge in [-0.15, -0.1) is 0 Å². The molecular formula is C16H26N2O2. The van der Waals surface area contributed by atoms with Crippen molar-refractivity contribution < 1.29 is 9.53 Å². The zero-order chi connectivity index (χ0) is 15.2. The Morgan fingerprint density at radius 1 is 1.20 bits per heavy atom. The number of hydrogen-bond acceptors (Lipinski definition) is 4. The molecule has 20 heavy (non-hydrogen) atoms. The van der Waals surface area contributed by atoms with Crippen molar-refractivity contribution >= 4 is 17.3 Å². The fourth-order valence-electron chi connectivity index (χ4n) is 2.35. The van der Waals surface area contributed by atoms with Gasteiger partial charge in [-0.2, -0.15) is 0 Å². The molecule has 0 heterocycles. The number of carbonyl (C=O) groups excluding carboxylic acids is 1. The molecule has 0 radical (unpaired) electrons. The van der Waals surface area contributed by atoms with E-state index in [1.807, 2.05) is 6.07 Å². The molecule has 0 aliphatic carbocycles. The van der Waals surface area contributed by atoms with Crippen LogP contribution in [0.15, 0.2) is 18.2 Å². The topological polar surface area (TPSA) is 64.3 Å². The molecule has 0 fully saturated rings. The van der Waals surface area contributed by atoms with Crippen LogP contribution in [0.5, 0.6) is 0 Å². The molecule has 1 rings (SSSR count). The average molecular weight is 278 g/mol. The molecule has 0 unspecified atom stereocenters. The van der Waals surface area contributed by atoms with E-state index in [4.69, 9.17) is 10.5 Å². The molecule has 0 amide bonds. The van der Waals surface area contributed by atoms with Crippen molar-refractivity contribution in [3.63, 3.8) is 0 Å². The van der Waals surface area contributed by atoms with Crippen molar-refractivity contribution in [2.75, 3.05) is 17.7 Å². The maximum absolute atomic E-state index is 12.1. The van der Waals surface area contributed by atoms with E-state index in [0.29, 0.717) is 17.9 Å². The van der Waals surface area contributed by atoms with Crippen molar-refractivity contribution in [1.82, 2.24) is 0 Å². The Kier molecular flexibility index (Phi) is 5.86. The lowest BCUT2D eigenvalue weighted by Gasteiger charge is -2.33. The highest BCUT2D eigenvalue weighted by molar-refractivity contribution is 5.96. The summed E-state index contributed by atoms with van der Waals surface area (Å²) in [5, 5.41) is 3.52. The van der Waals surface area contributed by atoms with Crippen LogP contribution < -0.4 is 11.1 Å². The fraction of sp³-hybridized carbons (Fsp3) is 0.562. The first-order valence-electron chi connectivity index (χ1n) is 7.36. The molecule has 0 atom stereocenters. The Morgan fingerprint density at radius 2 is 1.80 bits per heavy atom. The number of anilines is 2. The Labute approximate surface area is 121 Å². The zero-order valence-electron chi connectivity index (χ0n) is 13.0. The lowest BCUT2D eigenvalue weighted by Crippen LogP contribution is -2.36. The lowest BCUT2D eigenvalue weighted by molar-refractivity contribution is 0.0527. The van der Waals surface area contributed by atoms with Crippen LogP contribution in [-0.2, 0) is 4.74 Å². The first-order valence-corrected chi connectivity index (χ1v) is 7.36. The standard InChI is InChI=1S/C16H26N2O2/c1-5-16(6-2,7-3)18-14-10-9-12(17)11-13(14)15(19)20-8-4/h9-11,18H,5-8,17H2,1-4H3. The monoisotopic (exact) mass is 278 g/mol. The van der Waals surface area contributed by atoms with E-state index in [1.165, 1.54) is 0 Å². The fourth-order valence-corrected chi connectivity index (χ4v) is 2.35. The number of hydrogen-bond donors (Lipinski definition) is 2. The summed E-state index contributed by atoms with van der Waals surface area (Å²) >= 11 is 0. The van der Waals surface area contributed by atoms with E-state index >= 15 is 0 Å². The van der Waals surface area contributed by atoms with Crippen LogP contribution in [0.3, 0.4) is 0 Å². The second-order valence-corrected chi connectivity index (χ2v) is 4.99. The molecule has 1 aromatic carbocycles. The Hall–Kier alpha value is -1.71. The summed E-state index contributed by atoms with van der Waals surface area (Å²) in [5.41, 5.74) is 7.65. The van der Waals surface area contributed by atoms with Crippen molar-refractivity contribution in [2.45, 2.75) is 52.5 Å². The summed E-state index contributed by atoms with van der Waals surface area (Å²) in [6, 6.07) is 5.33. The molecule has 3 N–H and O–H groups in total. The van der Waals surface area contributed by atoms with Crippen molar-refractivity contribution in [3.8, 4) is 0 Å². The van der Waals surface area contributed by atoms with E-state index in [1.54, 1.807) is 19.1 Å². The van der Waals surface area contributed by atoms with E-state index in [9.17, 15) is 4.79 Å². The van der Waals surface area contributed by atoms with E-state index in [-0.39, 0.29) is 11.5 Å². The van der Waals surface area contributed by atoms with Gasteiger partial charge in [0.2, 0.25) is 0 Å². The van der Waals surface area contributed by atoms with Gasteiger partial charge in [0, 0.05) is 16.9 Å². The molecule has 0 spiro atoms. The van der Waals surface area contributed by atoms with Crippen LogP contribution in [0.1, 0.15) is 57.3 Å².